The number of rotatable bonds is 4. The molecular formula is C15H17Cl2N3O. The van der Waals surface area contributed by atoms with Crippen molar-refractivity contribution in [2.24, 2.45) is 5.41 Å². The average molecular weight is 326 g/mol. The van der Waals surface area contributed by atoms with Crippen molar-refractivity contribution in [3.8, 4) is 6.07 Å². The highest BCUT2D eigenvalue weighted by atomic mass is 35.5. The first-order chi connectivity index (χ1) is 10.0. The zero-order chi connectivity index (χ0) is 15.3. The van der Waals surface area contributed by atoms with Gasteiger partial charge in [0.25, 0.3) is 0 Å². The van der Waals surface area contributed by atoms with E-state index in [1.54, 1.807) is 18.2 Å². The molecule has 1 aromatic carbocycles. The molecule has 1 aliphatic rings. The van der Waals surface area contributed by atoms with E-state index >= 15 is 0 Å². The fourth-order valence-corrected chi connectivity index (χ4v) is 2.88. The smallest absolute Gasteiger partial charge is 0.224 e. The number of carbonyl (C=O) groups is 1. The quantitative estimate of drug-likeness (QED) is 0.894. The lowest BCUT2D eigenvalue weighted by Gasteiger charge is -2.31. The number of nitrogens with zero attached hydrogens (tertiary/aromatic N) is 1. The first kappa shape index (κ1) is 16.1. The normalized spacial score (nSPS) is 17.0. The minimum Gasteiger partial charge on any atom is -0.354 e. The Balaban J connectivity index is 1.91. The molecule has 0 unspecified atom stereocenters. The number of hydrogen-bond acceptors (Lipinski definition) is 3. The average Bonchev–Trinajstić information content (AvgIpc) is 2.49. The van der Waals surface area contributed by atoms with Crippen LogP contribution in [0.4, 0.5) is 0 Å². The number of benzene rings is 1. The molecule has 1 amide bonds. The predicted molar refractivity (Wildman–Crippen MR) is 83.3 cm³/mol. The molecule has 21 heavy (non-hydrogen) atoms. The van der Waals surface area contributed by atoms with Gasteiger partial charge in [0.2, 0.25) is 5.91 Å². The molecule has 0 saturated carbocycles. The summed E-state index contributed by atoms with van der Waals surface area (Å²) < 4.78 is 0. The summed E-state index contributed by atoms with van der Waals surface area (Å²) in [6, 6.07) is 7.43. The number of halogens is 2. The first-order valence-corrected chi connectivity index (χ1v) is 7.63. The summed E-state index contributed by atoms with van der Waals surface area (Å²) in [5.74, 6) is -0.132. The lowest BCUT2D eigenvalue weighted by Crippen LogP contribution is -2.44. The van der Waals surface area contributed by atoms with Crippen LogP contribution < -0.4 is 10.6 Å². The number of piperidine rings is 1. The van der Waals surface area contributed by atoms with Crippen LogP contribution in [0.15, 0.2) is 18.2 Å². The standard InChI is InChI=1S/C15H17Cl2N3O/c16-12-2-1-11(13(17)8-12)7-14(21)20-10-15(9-18)3-5-19-6-4-15/h1-2,8,19H,3-7,10H2,(H,20,21). The largest absolute Gasteiger partial charge is 0.354 e. The minimum absolute atomic E-state index is 0.132. The van der Waals surface area contributed by atoms with Crippen molar-refractivity contribution >= 4 is 29.1 Å². The van der Waals surface area contributed by atoms with Gasteiger partial charge in [-0.15, -0.1) is 0 Å². The fourth-order valence-electron chi connectivity index (χ4n) is 2.40. The third-order valence-corrected chi connectivity index (χ3v) is 4.37. The van der Waals surface area contributed by atoms with Crippen LogP contribution in [-0.4, -0.2) is 25.5 Å². The monoisotopic (exact) mass is 325 g/mol. The Hall–Kier alpha value is -1.28. The molecule has 0 aromatic heterocycles. The number of nitriles is 1. The maximum absolute atomic E-state index is 12.0. The zero-order valence-corrected chi connectivity index (χ0v) is 13.1. The lowest BCUT2D eigenvalue weighted by molar-refractivity contribution is -0.120. The first-order valence-electron chi connectivity index (χ1n) is 6.87. The number of carbonyl (C=O) groups excluding carboxylic acids is 1. The summed E-state index contributed by atoms with van der Waals surface area (Å²) in [4.78, 5) is 12.0. The Bertz CT molecular complexity index is 563. The summed E-state index contributed by atoms with van der Waals surface area (Å²) in [6.45, 7) is 2.01. The van der Waals surface area contributed by atoms with Gasteiger partial charge in [-0.3, -0.25) is 4.79 Å². The van der Waals surface area contributed by atoms with E-state index < -0.39 is 5.41 Å². The van der Waals surface area contributed by atoms with Crippen LogP contribution in [0.25, 0.3) is 0 Å². The molecule has 0 bridgehead atoms. The van der Waals surface area contributed by atoms with Gasteiger partial charge in [0, 0.05) is 16.6 Å². The maximum atomic E-state index is 12.0. The highest BCUT2D eigenvalue weighted by molar-refractivity contribution is 6.35. The molecule has 1 fully saturated rings. The van der Waals surface area contributed by atoms with E-state index in [1.165, 1.54) is 0 Å². The lowest BCUT2D eigenvalue weighted by atomic mass is 9.80. The Labute approximate surface area is 134 Å². The molecule has 0 aliphatic carbocycles. The topological polar surface area (TPSA) is 64.9 Å². The number of amides is 1. The van der Waals surface area contributed by atoms with Crippen LogP contribution in [0.3, 0.4) is 0 Å². The molecule has 2 rings (SSSR count). The Morgan fingerprint density at radius 3 is 2.71 bits per heavy atom. The molecule has 4 nitrogen and oxygen atoms in total. The van der Waals surface area contributed by atoms with Crippen molar-refractivity contribution in [3.63, 3.8) is 0 Å². The van der Waals surface area contributed by atoms with Gasteiger partial charge in [-0.1, -0.05) is 29.3 Å². The highest BCUT2D eigenvalue weighted by Crippen LogP contribution is 2.27. The van der Waals surface area contributed by atoms with Crippen molar-refractivity contribution in [1.82, 2.24) is 10.6 Å². The van der Waals surface area contributed by atoms with E-state index in [1.807, 2.05) is 0 Å². The Morgan fingerprint density at radius 1 is 1.38 bits per heavy atom. The molecule has 6 heteroatoms. The second-order valence-electron chi connectivity index (χ2n) is 5.33. The van der Waals surface area contributed by atoms with Gasteiger partial charge in [-0.25, -0.2) is 0 Å². The maximum Gasteiger partial charge on any atom is 0.224 e. The van der Waals surface area contributed by atoms with E-state index in [9.17, 15) is 10.1 Å². The third kappa shape index (κ3) is 4.34. The molecule has 1 aromatic rings. The highest BCUT2D eigenvalue weighted by Gasteiger charge is 2.32. The number of hydrogen-bond donors (Lipinski definition) is 2. The Morgan fingerprint density at radius 2 is 2.10 bits per heavy atom. The van der Waals surface area contributed by atoms with Crippen molar-refractivity contribution in [3.05, 3.63) is 33.8 Å². The molecular weight excluding hydrogens is 309 g/mol. The second-order valence-corrected chi connectivity index (χ2v) is 6.18. The third-order valence-electron chi connectivity index (χ3n) is 3.79. The summed E-state index contributed by atoms with van der Waals surface area (Å²) in [5, 5.41) is 16.5. The summed E-state index contributed by atoms with van der Waals surface area (Å²) in [7, 11) is 0. The van der Waals surface area contributed by atoms with Crippen molar-refractivity contribution in [2.75, 3.05) is 19.6 Å². The summed E-state index contributed by atoms with van der Waals surface area (Å²) >= 11 is 11.9. The van der Waals surface area contributed by atoms with Crippen LogP contribution >= 0.6 is 23.2 Å². The SMILES string of the molecule is N#CC1(CNC(=O)Cc2ccc(Cl)cc2Cl)CCNCC1. The second kappa shape index (κ2) is 7.13. The summed E-state index contributed by atoms with van der Waals surface area (Å²) in [6.07, 6.45) is 1.70. The molecule has 2 N–H and O–H groups in total. The van der Waals surface area contributed by atoms with E-state index in [4.69, 9.17) is 23.2 Å². The number of nitrogens with one attached hydrogen (secondary N) is 2. The molecule has 1 heterocycles. The molecule has 1 aliphatic heterocycles. The van der Waals surface area contributed by atoms with Gasteiger partial charge >= 0.3 is 0 Å². The molecule has 0 radical (unpaired) electrons. The molecule has 0 atom stereocenters. The van der Waals surface area contributed by atoms with Gasteiger partial charge in [-0.2, -0.15) is 5.26 Å². The Kier molecular flexibility index (Phi) is 5.46. The van der Waals surface area contributed by atoms with Crippen molar-refractivity contribution < 1.29 is 4.79 Å². The van der Waals surface area contributed by atoms with Crippen LogP contribution in [0.1, 0.15) is 18.4 Å². The summed E-state index contributed by atoms with van der Waals surface area (Å²) in [5.41, 5.74) is 0.278. The van der Waals surface area contributed by atoms with Gasteiger partial charge in [-0.05, 0) is 43.6 Å². The van der Waals surface area contributed by atoms with Crippen LogP contribution in [-0.2, 0) is 11.2 Å². The van der Waals surface area contributed by atoms with Crippen molar-refractivity contribution in [1.29, 1.82) is 5.26 Å². The van der Waals surface area contributed by atoms with Gasteiger partial charge in [0.1, 0.15) is 0 Å². The van der Waals surface area contributed by atoms with E-state index in [0.29, 0.717) is 16.6 Å². The van der Waals surface area contributed by atoms with E-state index in [2.05, 4.69) is 16.7 Å². The van der Waals surface area contributed by atoms with Gasteiger partial charge in [0.15, 0.2) is 0 Å². The van der Waals surface area contributed by atoms with E-state index in [0.717, 1.165) is 31.5 Å². The predicted octanol–water partition coefficient (Wildman–Crippen LogP) is 2.55. The van der Waals surface area contributed by atoms with Gasteiger partial charge < -0.3 is 10.6 Å². The molecule has 112 valence electrons. The van der Waals surface area contributed by atoms with Crippen LogP contribution in [0, 0.1) is 16.7 Å². The zero-order valence-electron chi connectivity index (χ0n) is 11.6. The van der Waals surface area contributed by atoms with Gasteiger partial charge in [0.05, 0.1) is 17.9 Å². The van der Waals surface area contributed by atoms with E-state index in [-0.39, 0.29) is 12.3 Å². The minimum atomic E-state index is -0.454. The van der Waals surface area contributed by atoms with Crippen LogP contribution in [0.5, 0.6) is 0 Å². The fraction of sp³-hybridized carbons (Fsp3) is 0.467. The molecule has 0 spiro atoms. The van der Waals surface area contributed by atoms with Crippen molar-refractivity contribution in [2.45, 2.75) is 19.3 Å². The van der Waals surface area contributed by atoms with Crippen LogP contribution in [0.2, 0.25) is 10.0 Å². The molecule has 1 saturated heterocycles.